The van der Waals surface area contributed by atoms with Gasteiger partial charge in [0, 0.05) is 18.4 Å². The van der Waals surface area contributed by atoms with E-state index in [1.807, 2.05) is 23.2 Å². The number of nitrogens with one attached hydrogen (secondary N) is 2. The summed E-state index contributed by atoms with van der Waals surface area (Å²) in [6.07, 6.45) is 0.502. The first-order valence-electron chi connectivity index (χ1n) is 7.09. The summed E-state index contributed by atoms with van der Waals surface area (Å²) in [5.74, 6) is -0.0580. The number of Topliss-reactive ketones (excluding diaryl/α,β-unsaturated/α-hetero) is 1. The molecular formula is C15H22N3O2+. The van der Waals surface area contributed by atoms with E-state index in [9.17, 15) is 9.59 Å². The van der Waals surface area contributed by atoms with Gasteiger partial charge in [0.25, 0.3) is 0 Å². The van der Waals surface area contributed by atoms with Crippen molar-refractivity contribution < 1.29 is 14.5 Å². The summed E-state index contributed by atoms with van der Waals surface area (Å²) in [6, 6.07) is 9.10. The molecule has 5 heteroatoms. The zero-order valence-electron chi connectivity index (χ0n) is 11.9. The van der Waals surface area contributed by atoms with Gasteiger partial charge in [0.2, 0.25) is 5.91 Å². The number of carbonyl (C=O) groups is 2. The Morgan fingerprint density at radius 2 is 1.80 bits per heavy atom. The van der Waals surface area contributed by atoms with Crippen LogP contribution in [0.5, 0.6) is 0 Å². The molecule has 108 valence electrons. The molecule has 1 saturated heterocycles. The number of likely N-dealkylation sites (N-methyl/N-ethyl adjacent to an activating group) is 1. The molecule has 0 aliphatic carbocycles. The first kappa shape index (κ1) is 14.7. The van der Waals surface area contributed by atoms with E-state index < -0.39 is 0 Å². The van der Waals surface area contributed by atoms with E-state index in [1.54, 1.807) is 12.1 Å². The van der Waals surface area contributed by atoms with Gasteiger partial charge >= 0.3 is 0 Å². The Hall–Kier alpha value is -1.72. The highest BCUT2D eigenvalue weighted by atomic mass is 16.2. The van der Waals surface area contributed by atoms with Crippen molar-refractivity contribution >= 4 is 11.7 Å². The van der Waals surface area contributed by atoms with Gasteiger partial charge in [-0.05, 0) is 0 Å². The van der Waals surface area contributed by atoms with Gasteiger partial charge in [-0.3, -0.25) is 15.0 Å². The quantitative estimate of drug-likeness (QED) is 0.714. The van der Waals surface area contributed by atoms with Crippen LogP contribution in [0.25, 0.3) is 0 Å². The van der Waals surface area contributed by atoms with Crippen molar-refractivity contribution in [1.82, 2.24) is 10.4 Å². The second-order valence-electron chi connectivity index (χ2n) is 5.27. The zero-order chi connectivity index (χ0) is 14.4. The lowest BCUT2D eigenvalue weighted by molar-refractivity contribution is -0.884. The molecule has 2 rings (SSSR count). The fraction of sp³-hybridized carbons (Fsp3) is 0.467. The van der Waals surface area contributed by atoms with E-state index in [-0.39, 0.29) is 24.5 Å². The average molecular weight is 276 g/mol. The van der Waals surface area contributed by atoms with E-state index in [2.05, 4.69) is 12.5 Å². The highest BCUT2D eigenvalue weighted by Gasteiger charge is 2.18. The minimum absolute atomic E-state index is 0.0172. The topological polar surface area (TPSA) is 53.9 Å². The number of carbonyl (C=O) groups excluding carboxylic acids is 2. The molecule has 0 saturated carbocycles. The Bertz CT molecular complexity index is 453. The fourth-order valence-corrected chi connectivity index (χ4v) is 2.23. The molecule has 0 radical (unpaired) electrons. The van der Waals surface area contributed by atoms with Gasteiger partial charge in [-0.15, -0.1) is 0 Å². The molecule has 0 bridgehead atoms. The van der Waals surface area contributed by atoms with Crippen molar-refractivity contribution in [1.29, 1.82) is 0 Å². The number of nitrogens with zero attached hydrogens (tertiary/aromatic N) is 1. The molecule has 5 nitrogen and oxygen atoms in total. The molecule has 1 aliphatic rings. The van der Waals surface area contributed by atoms with Crippen molar-refractivity contribution in [3.05, 3.63) is 35.9 Å². The molecule has 1 heterocycles. The van der Waals surface area contributed by atoms with Crippen LogP contribution in [-0.4, -0.2) is 49.9 Å². The van der Waals surface area contributed by atoms with E-state index in [4.69, 9.17) is 0 Å². The van der Waals surface area contributed by atoms with Crippen molar-refractivity contribution in [2.24, 2.45) is 0 Å². The van der Waals surface area contributed by atoms with Crippen molar-refractivity contribution in [2.45, 2.75) is 12.8 Å². The summed E-state index contributed by atoms with van der Waals surface area (Å²) in [7, 11) is 2.15. The SMILES string of the molecule is C[NH+]1CCN(NC(=O)CCC(=O)c2ccccc2)CC1. The number of hydrogen-bond acceptors (Lipinski definition) is 3. The van der Waals surface area contributed by atoms with Crippen LogP contribution in [-0.2, 0) is 4.79 Å². The van der Waals surface area contributed by atoms with Crippen LogP contribution in [0.1, 0.15) is 23.2 Å². The lowest BCUT2D eigenvalue weighted by Gasteiger charge is -2.30. The normalized spacial score (nSPS) is 16.9. The maximum absolute atomic E-state index is 11.9. The third-order valence-corrected chi connectivity index (χ3v) is 3.57. The van der Waals surface area contributed by atoms with Gasteiger partial charge < -0.3 is 4.90 Å². The largest absolute Gasteiger partial charge is 0.335 e. The highest BCUT2D eigenvalue weighted by Crippen LogP contribution is 2.05. The zero-order valence-corrected chi connectivity index (χ0v) is 11.9. The molecule has 1 aromatic carbocycles. The Morgan fingerprint density at radius 3 is 2.45 bits per heavy atom. The minimum atomic E-state index is -0.0752. The Kier molecular flexibility index (Phi) is 5.26. The molecule has 2 N–H and O–H groups in total. The number of hydrazine groups is 1. The smallest absolute Gasteiger partial charge is 0.234 e. The van der Waals surface area contributed by atoms with Gasteiger partial charge in [-0.2, -0.15) is 0 Å². The number of quaternary nitrogens is 1. The predicted octanol–water partition coefficient (Wildman–Crippen LogP) is -0.489. The molecule has 0 spiro atoms. The average Bonchev–Trinajstić information content (AvgIpc) is 2.48. The second kappa shape index (κ2) is 7.17. The standard InChI is InChI=1S/C15H21N3O2/c1-17-9-11-18(12-10-17)16-15(20)8-7-14(19)13-5-3-2-4-6-13/h2-6H,7-12H2,1H3,(H,16,20)/p+1. The van der Waals surface area contributed by atoms with Gasteiger partial charge in [0.05, 0.1) is 33.2 Å². The molecule has 0 aromatic heterocycles. The predicted molar refractivity (Wildman–Crippen MR) is 76.3 cm³/mol. The first-order valence-corrected chi connectivity index (χ1v) is 7.09. The molecule has 1 amide bonds. The number of ketones is 1. The third-order valence-electron chi connectivity index (χ3n) is 3.57. The van der Waals surface area contributed by atoms with Crippen LogP contribution in [0.3, 0.4) is 0 Å². The number of benzene rings is 1. The highest BCUT2D eigenvalue weighted by molar-refractivity contribution is 5.97. The lowest BCUT2D eigenvalue weighted by Crippen LogP contribution is -3.12. The van der Waals surface area contributed by atoms with Gasteiger partial charge in [0.1, 0.15) is 0 Å². The Morgan fingerprint density at radius 1 is 1.15 bits per heavy atom. The summed E-state index contributed by atoms with van der Waals surface area (Å²) in [6.45, 7) is 3.79. The van der Waals surface area contributed by atoms with Crippen molar-refractivity contribution in [3.8, 4) is 0 Å². The summed E-state index contributed by atoms with van der Waals surface area (Å²) in [5, 5.41) is 1.95. The maximum Gasteiger partial charge on any atom is 0.234 e. The summed E-state index contributed by atoms with van der Waals surface area (Å²) in [4.78, 5) is 25.2. The van der Waals surface area contributed by atoms with Gasteiger partial charge in [-0.1, -0.05) is 30.3 Å². The molecular weight excluding hydrogens is 254 g/mol. The molecule has 0 unspecified atom stereocenters. The van der Waals surface area contributed by atoms with Gasteiger partial charge in [0.15, 0.2) is 5.78 Å². The van der Waals surface area contributed by atoms with Crippen molar-refractivity contribution in [2.75, 3.05) is 33.2 Å². The number of piperazine rings is 1. The van der Waals surface area contributed by atoms with E-state index >= 15 is 0 Å². The summed E-state index contributed by atoms with van der Waals surface area (Å²) in [5.41, 5.74) is 3.54. The summed E-state index contributed by atoms with van der Waals surface area (Å²) < 4.78 is 0. The van der Waals surface area contributed by atoms with Crippen molar-refractivity contribution in [3.63, 3.8) is 0 Å². The fourth-order valence-electron chi connectivity index (χ4n) is 2.23. The number of hydrogen-bond donors (Lipinski definition) is 2. The molecule has 0 atom stereocenters. The Balaban J connectivity index is 1.71. The van der Waals surface area contributed by atoms with Crippen LogP contribution in [0, 0.1) is 0 Å². The van der Waals surface area contributed by atoms with E-state index in [1.165, 1.54) is 4.90 Å². The van der Waals surface area contributed by atoms with Crippen LogP contribution >= 0.6 is 0 Å². The van der Waals surface area contributed by atoms with Crippen LogP contribution in [0.15, 0.2) is 30.3 Å². The molecule has 1 fully saturated rings. The van der Waals surface area contributed by atoms with Crippen LogP contribution in [0.4, 0.5) is 0 Å². The Labute approximate surface area is 119 Å². The molecule has 20 heavy (non-hydrogen) atoms. The summed E-state index contributed by atoms with van der Waals surface area (Å²) >= 11 is 0. The van der Waals surface area contributed by atoms with E-state index in [0.717, 1.165) is 26.2 Å². The number of amides is 1. The molecule has 1 aliphatic heterocycles. The second-order valence-corrected chi connectivity index (χ2v) is 5.27. The number of rotatable bonds is 5. The van der Waals surface area contributed by atoms with Crippen LogP contribution in [0.2, 0.25) is 0 Å². The molecule has 1 aromatic rings. The van der Waals surface area contributed by atoms with Gasteiger partial charge in [-0.25, -0.2) is 5.01 Å². The third kappa shape index (κ3) is 4.43. The minimum Gasteiger partial charge on any atom is -0.335 e. The maximum atomic E-state index is 11.9. The lowest BCUT2D eigenvalue weighted by atomic mass is 10.1. The monoisotopic (exact) mass is 276 g/mol. The first-order chi connectivity index (χ1) is 9.65. The van der Waals surface area contributed by atoms with Crippen LogP contribution < -0.4 is 10.3 Å². The van der Waals surface area contributed by atoms with E-state index in [0.29, 0.717) is 5.56 Å².